The van der Waals surface area contributed by atoms with Crippen molar-refractivity contribution in [1.82, 2.24) is 14.4 Å². The lowest BCUT2D eigenvalue weighted by atomic mass is 10.2. The lowest BCUT2D eigenvalue weighted by Gasteiger charge is -2.07. The van der Waals surface area contributed by atoms with Crippen LogP contribution in [0.15, 0.2) is 53.9 Å². The van der Waals surface area contributed by atoms with E-state index >= 15 is 0 Å². The maximum Gasteiger partial charge on any atom is 0.213 e. The molecule has 3 aromatic rings. The fourth-order valence-electron chi connectivity index (χ4n) is 2.74. The second-order valence-corrected chi connectivity index (χ2v) is 5.71. The number of hydrogen-bond acceptors (Lipinski definition) is 6. The van der Waals surface area contributed by atoms with Crippen LogP contribution in [0.3, 0.4) is 0 Å². The molecule has 7 heteroatoms. The Morgan fingerprint density at radius 1 is 1.31 bits per heavy atom. The van der Waals surface area contributed by atoms with E-state index in [4.69, 9.17) is 9.47 Å². The second-order valence-electron chi connectivity index (χ2n) is 5.71. The zero-order valence-corrected chi connectivity index (χ0v) is 14.1. The molecule has 0 fully saturated rings. The minimum atomic E-state index is 0.229. The molecule has 7 nitrogen and oxygen atoms in total. The van der Waals surface area contributed by atoms with Gasteiger partial charge in [-0.15, -0.1) is 0 Å². The minimum Gasteiger partial charge on any atom is -0.485 e. The van der Waals surface area contributed by atoms with Crippen molar-refractivity contribution in [1.29, 1.82) is 0 Å². The van der Waals surface area contributed by atoms with Gasteiger partial charge in [-0.1, -0.05) is 6.08 Å². The maximum atomic E-state index is 11.2. The highest BCUT2D eigenvalue weighted by molar-refractivity contribution is 6.09. The molecule has 0 unspecified atom stereocenters. The Balaban J connectivity index is 1.54. The number of ether oxygens (including phenoxy) is 2. The van der Waals surface area contributed by atoms with E-state index in [9.17, 15) is 4.79 Å². The summed E-state index contributed by atoms with van der Waals surface area (Å²) in [7, 11) is 1.50. The normalized spacial score (nSPS) is 13.0. The standard InChI is InChI=1S/C19H16N4O3/c1-25-19-7-14(11-24)17(8-21-19)26-12-15-10-23-9-13(4-5-18(23)22-15)16-3-2-6-20-16/h2-5,7-11H,6,12H2,1H3. The number of carbonyl (C=O) groups excluding carboxylic acids is 1. The number of allylic oxidation sites excluding steroid dienone is 1. The van der Waals surface area contributed by atoms with Gasteiger partial charge in [0.05, 0.1) is 36.8 Å². The average molecular weight is 348 g/mol. The van der Waals surface area contributed by atoms with Crippen LogP contribution in [0.4, 0.5) is 0 Å². The highest BCUT2D eigenvalue weighted by atomic mass is 16.5. The first-order chi connectivity index (χ1) is 12.8. The van der Waals surface area contributed by atoms with E-state index in [1.807, 2.05) is 41.1 Å². The van der Waals surface area contributed by atoms with Crippen LogP contribution in [0.1, 0.15) is 21.6 Å². The third kappa shape index (κ3) is 3.06. The molecule has 26 heavy (non-hydrogen) atoms. The number of nitrogens with zero attached hydrogens (tertiary/aromatic N) is 4. The molecule has 130 valence electrons. The first-order valence-corrected chi connectivity index (χ1v) is 8.08. The second kappa shape index (κ2) is 6.79. The quantitative estimate of drug-likeness (QED) is 0.640. The van der Waals surface area contributed by atoms with Gasteiger partial charge in [0.2, 0.25) is 5.88 Å². The number of aromatic nitrogens is 3. The molecule has 0 radical (unpaired) electrons. The van der Waals surface area contributed by atoms with Gasteiger partial charge in [0.25, 0.3) is 0 Å². The van der Waals surface area contributed by atoms with E-state index in [2.05, 4.69) is 15.0 Å². The zero-order chi connectivity index (χ0) is 17.9. The largest absolute Gasteiger partial charge is 0.485 e. The third-order valence-corrected chi connectivity index (χ3v) is 4.02. The maximum absolute atomic E-state index is 11.2. The Bertz CT molecular complexity index is 1040. The number of carbonyl (C=O) groups is 1. The van der Waals surface area contributed by atoms with E-state index in [0.29, 0.717) is 23.5 Å². The lowest BCUT2D eigenvalue weighted by molar-refractivity contribution is 0.111. The molecular formula is C19H16N4O3. The van der Waals surface area contributed by atoms with Crippen LogP contribution in [0.5, 0.6) is 11.6 Å². The Morgan fingerprint density at radius 2 is 2.23 bits per heavy atom. The molecule has 3 aromatic heterocycles. The third-order valence-electron chi connectivity index (χ3n) is 4.02. The van der Waals surface area contributed by atoms with Crippen LogP contribution in [0.25, 0.3) is 5.65 Å². The van der Waals surface area contributed by atoms with Gasteiger partial charge < -0.3 is 13.9 Å². The van der Waals surface area contributed by atoms with Crippen LogP contribution < -0.4 is 9.47 Å². The minimum absolute atomic E-state index is 0.229. The first kappa shape index (κ1) is 16.0. The number of imidazole rings is 1. The molecule has 0 spiro atoms. The smallest absolute Gasteiger partial charge is 0.213 e. The number of fused-ring (bicyclic) bond motifs is 1. The molecule has 0 aliphatic carbocycles. The Morgan fingerprint density at radius 3 is 3.00 bits per heavy atom. The lowest BCUT2D eigenvalue weighted by Crippen LogP contribution is -2.00. The number of aliphatic imine (C=N–C) groups is 1. The summed E-state index contributed by atoms with van der Waals surface area (Å²) in [6.07, 6.45) is 10.1. The van der Waals surface area contributed by atoms with Gasteiger partial charge in [0.1, 0.15) is 18.0 Å². The molecule has 0 saturated heterocycles. The van der Waals surface area contributed by atoms with E-state index < -0.39 is 0 Å². The molecule has 0 atom stereocenters. The van der Waals surface area contributed by atoms with Crippen LogP contribution in [0.2, 0.25) is 0 Å². The van der Waals surface area contributed by atoms with Crippen molar-refractivity contribution in [3.05, 3.63) is 65.8 Å². The van der Waals surface area contributed by atoms with E-state index in [1.165, 1.54) is 19.4 Å². The number of aldehydes is 1. The van der Waals surface area contributed by atoms with Crippen molar-refractivity contribution >= 4 is 17.6 Å². The molecule has 0 N–H and O–H groups in total. The molecule has 0 bridgehead atoms. The van der Waals surface area contributed by atoms with E-state index in [-0.39, 0.29) is 6.61 Å². The fraction of sp³-hybridized carbons (Fsp3) is 0.158. The van der Waals surface area contributed by atoms with E-state index in [1.54, 1.807) is 0 Å². The summed E-state index contributed by atoms with van der Waals surface area (Å²) in [6, 6.07) is 5.48. The number of hydrogen-bond donors (Lipinski definition) is 0. The SMILES string of the molecule is COc1cc(C=O)c(OCc2cn3cc(C4=NCC=C4)ccc3n2)cn1. The van der Waals surface area contributed by atoms with Crippen LogP contribution in [-0.4, -0.2) is 40.0 Å². The highest BCUT2D eigenvalue weighted by Gasteiger charge is 2.10. The molecule has 4 rings (SSSR count). The molecule has 4 heterocycles. The van der Waals surface area contributed by atoms with Crippen LogP contribution in [0, 0.1) is 0 Å². The highest BCUT2D eigenvalue weighted by Crippen LogP contribution is 2.21. The predicted octanol–water partition coefficient (Wildman–Crippen LogP) is 2.49. The zero-order valence-electron chi connectivity index (χ0n) is 14.1. The van der Waals surface area contributed by atoms with E-state index in [0.717, 1.165) is 29.2 Å². The molecular weight excluding hydrogens is 332 g/mol. The summed E-state index contributed by atoms with van der Waals surface area (Å²) < 4.78 is 12.7. The Kier molecular flexibility index (Phi) is 4.18. The van der Waals surface area contributed by atoms with Gasteiger partial charge in [-0.25, -0.2) is 9.97 Å². The summed E-state index contributed by atoms with van der Waals surface area (Å²) in [5.74, 6) is 0.757. The first-order valence-electron chi connectivity index (χ1n) is 8.08. The van der Waals surface area contributed by atoms with Crippen molar-refractivity contribution < 1.29 is 14.3 Å². The van der Waals surface area contributed by atoms with Crippen LogP contribution in [-0.2, 0) is 6.61 Å². The van der Waals surface area contributed by atoms with Gasteiger partial charge in [-0.3, -0.25) is 9.79 Å². The van der Waals surface area contributed by atoms with Crippen LogP contribution >= 0.6 is 0 Å². The van der Waals surface area contributed by atoms with Gasteiger partial charge >= 0.3 is 0 Å². The van der Waals surface area contributed by atoms with Gasteiger partial charge in [0.15, 0.2) is 6.29 Å². The van der Waals surface area contributed by atoms with Crippen molar-refractivity contribution in [3.63, 3.8) is 0 Å². The molecule has 0 saturated carbocycles. The van der Waals surface area contributed by atoms with Crippen molar-refractivity contribution in [2.45, 2.75) is 6.61 Å². The summed E-state index contributed by atoms with van der Waals surface area (Å²) >= 11 is 0. The summed E-state index contributed by atoms with van der Waals surface area (Å²) in [4.78, 5) is 24.2. The molecule has 0 aromatic carbocycles. The summed E-state index contributed by atoms with van der Waals surface area (Å²) in [5.41, 5.74) is 3.96. The molecule has 1 aliphatic heterocycles. The van der Waals surface area contributed by atoms with Gasteiger partial charge in [0, 0.05) is 24.0 Å². The van der Waals surface area contributed by atoms with Crippen molar-refractivity contribution in [2.24, 2.45) is 4.99 Å². The van der Waals surface area contributed by atoms with Gasteiger partial charge in [-0.05, 0) is 18.2 Å². The number of rotatable bonds is 6. The number of pyridine rings is 2. The fourth-order valence-corrected chi connectivity index (χ4v) is 2.74. The molecule has 0 amide bonds. The Hall–Kier alpha value is -3.48. The van der Waals surface area contributed by atoms with Crippen molar-refractivity contribution in [3.8, 4) is 11.6 Å². The van der Waals surface area contributed by atoms with Crippen molar-refractivity contribution in [2.75, 3.05) is 13.7 Å². The topological polar surface area (TPSA) is 78.1 Å². The van der Waals surface area contributed by atoms with Gasteiger partial charge in [-0.2, -0.15) is 0 Å². The monoisotopic (exact) mass is 348 g/mol. The Labute approximate surface area is 149 Å². The number of methoxy groups -OCH3 is 1. The summed E-state index contributed by atoms with van der Waals surface area (Å²) in [6.45, 7) is 0.956. The predicted molar refractivity (Wildman–Crippen MR) is 96.2 cm³/mol. The molecule has 1 aliphatic rings. The average Bonchev–Trinajstić information content (AvgIpc) is 3.34. The summed E-state index contributed by atoms with van der Waals surface area (Å²) in [5, 5.41) is 0.